The van der Waals surface area contributed by atoms with Crippen LogP contribution in [0.15, 0.2) is 61.2 Å². The summed E-state index contributed by atoms with van der Waals surface area (Å²) in [7, 11) is 3.96. The zero-order valence-corrected chi connectivity index (χ0v) is 16.4. The van der Waals surface area contributed by atoms with Crippen LogP contribution in [-0.4, -0.2) is 41.1 Å². The second-order valence-corrected chi connectivity index (χ2v) is 6.89. The molecule has 1 amide bonds. The number of anilines is 2. The molecule has 0 radical (unpaired) electrons. The van der Waals surface area contributed by atoms with Gasteiger partial charge in [0.1, 0.15) is 16.9 Å². The molecule has 0 aliphatic heterocycles. The average molecular weight is 386 g/mol. The number of carbonyl (C=O) groups is 1. The third-order valence-electron chi connectivity index (χ3n) is 4.76. The molecule has 3 N–H and O–H groups in total. The van der Waals surface area contributed by atoms with Crippen LogP contribution in [0.4, 0.5) is 11.5 Å². The highest BCUT2D eigenvalue weighted by Gasteiger charge is 2.24. The van der Waals surface area contributed by atoms with Crippen LogP contribution >= 0.6 is 0 Å². The van der Waals surface area contributed by atoms with Gasteiger partial charge in [0.05, 0.1) is 11.0 Å². The number of aromatic nitrogens is 3. The summed E-state index contributed by atoms with van der Waals surface area (Å²) in [4.78, 5) is 24.3. The Kier molecular flexibility index (Phi) is 4.64. The van der Waals surface area contributed by atoms with E-state index in [1.807, 2.05) is 67.5 Å². The summed E-state index contributed by atoms with van der Waals surface area (Å²) in [5.41, 5.74) is 11.1. The summed E-state index contributed by atoms with van der Waals surface area (Å²) >= 11 is 0. The molecular formula is C22H22N6O. The normalized spacial score (nSPS) is 11.0. The standard InChI is InChI=1S/C22H22N6O/c1-4-13-24-22(29)18-19-21(26-17-8-6-5-7-16(17)25-19)28(20(18)23)15-11-9-14(10-12-15)27(2)3/h4-12H,1,13,23H2,2-3H3,(H,24,29). The Hall–Kier alpha value is -3.87. The van der Waals surface area contributed by atoms with Crippen LogP contribution in [0.2, 0.25) is 0 Å². The van der Waals surface area contributed by atoms with E-state index in [4.69, 9.17) is 15.7 Å². The second kappa shape index (κ2) is 7.27. The van der Waals surface area contributed by atoms with Crippen LogP contribution < -0.4 is 16.0 Å². The van der Waals surface area contributed by atoms with Gasteiger partial charge in [-0.2, -0.15) is 0 Å². The van der Waals surface area contributed by atoms with Gasteiger partial charge in [0.25, 0.3) is 5.91 Å². The van der Waals surface area contributed by atoms with Gasteiger partial charge in [-0.1, -0.05) is 18.2 Å². The molecule has 0 saturated heterocycles. The Bertz CT molecular complexity index is 1220. The smallest absolute Gasteiger partial charge is 0.257 e. The van der Waals surface area contributed by atoms with Crippen LogP contribution in [0.1, 0.15) is 10.4 Å². The summed E-state index contributed by atoms with van der Waals surface area (Å²) in [5, 5.41) is 2.79. The monoisotopic (exact) mass is 386 g/mol. The molecule has 4 aromatic rings. The van der Waals surface area contributed by atoms with Gasteiger partial charge in [-0.05, 0) is 36.4 Å². The Morgan fingerprint density at radius 1 is 1.14 bits per heavy atom. The number of para-hydroxylation sites is 2. The van der Waals surface area contributed by atoms with E-state index >= 15 is 0 Å². The molecule has 2 heterocycles. The Morgan fingerprint density at radius 3 is 2.41 bits per heavy atom. The number of carbonyl (C=O) groups excluding carboxylic acids is 1. The molecule has 146 valence electrons. The minimum Gasteiger partial charge on any atom is -0.384 e. The molecule has 0 bridgehead atoms. The van der Waals surface area contributed by atoms with E-state index in [0.717, 1.165) is 16.9 Å². The van der Waals surface area contributed by atoms with Crippen LogP contribution in [0.5, 0.6) is 0 Å². The first-order chi connectivity index (χ1) is 14.0. The highest BCUT2D eigenvalue weighted by molar-refractivity contribution is 6.11. The lowest BCUT2D eigenvalue weighted by Crippen LogP contribution is -2.24. The molecule has 0 aliphatic rings. The molecule has 7 nitrogen and oxygen atoms in total. The summed E-state index contributed by atoms with van der Waals surface area (Å²) in [6, 6.07) is 15.4. The number of nitrogens with two attached hydrogens (primary N) is 1. The number of nitrogens with one attached hydrogen (secondary N) is 1. The predicted molar refractivity (Wildman–Crippen MR) is 118 cm³/mol. The predicted octanol–water partition coefficient (Wildman–Crippen LogP) is 3.14. The molecule has 0 atom stereocenters. The van der Waals surface area contributed by atoms with Gasteiger partial charge in [-0.15, -0.1) is 6.58 Å². The highest BCUT2D eigenvalue weighted by Crippen LogP contribution is 2.31. The number of nitrogen functional groups attached to an aromatic ring is 1. The minimum absolute atomic E-state index is 0.300. The summed E-state index contributed by atoms with van der Waals surface area (Å²) in [6.07, 6.45) is 1.62. The summed E-state index contributed by atoms with van der Waals surface area (Å²) in [6.45, 7) is 3.98. The SMILES string of the molecule is C=CCNC(=O)c1c(N)n(-c2ccc(N(C)C)cc2)c2nc3ccccc3nc12. The van der Waals surface area contributed by atoms with Crippen molar-refractivity contribution in [2.24, 2.45) is 0 Å². The molecule has 2 aromatic heterocycles. The van der Waals surface area contributed by atoms with Gasteiger partial charge < -0.3 is 16.0 Å². The van der Waals surface area contributed by atoms with Crippen molar-refractivity contribution in [1.82, 2.24) is 19.9 Å². The van der Waals surface area contributed by atoms with E-state index in [2.05, 4.69) is 11.9 Å². The molecule has 29 heavy (non-hydrogen) atoms. The lowest BCUT2D eigenvalue weighted by molar-refractivity contribution is 0.0960. The van der Waals surface area contributed by atoms with Crippen molar-refractivity contribution in [2.75, 3.05) is 31.3 Å². The Balaban J connectivity index is 1.99. The minimum atomic E-state index is -0.305. The van der Waals surface area contributed by atoms with E-state index in [-0.39, 0.29) is 5.91 Å². The van der Waals surface area contributed by atoms with Crippen molar-refractivity contribution < 1.29 is 4.79 Å². The van der Waals surface area contributed by atoms with Crippen LogP contribution in [0.25, 0.3) is 27.9 Å². The Labute approximate surface area is 168 Å². The fourth-order valence-electron chi connectivity index (χ4n) is 3.30. The van der Waals surface area contributed by atoms with Crippen molar-refractivity contribution in [3.05, 3.63) is 66.7 Å². The largest absolute Gasteiger partial charge is 0.384 e. The van der Waals surface area contributed by atoms with E-state index in [1.165, 1.54) is 0 Å². The highest BCUT2D eigenvalue weighted by atomic mass is 16.1. The first-order valence-electron chi connectivity index (χ1n) is 9.24. The average Bonchev–Trinajstić information content (AvgIpc) is 3.01. The van der Waals surface area contributed by atoms with Gasteiger partial charge >= 0.3 is 0 Å². The number of rotatable bonds is 5. The van der Waals surface area contributed by atoms with Crippen molar-refractivity contribution in [3.8, 4) is 5.69 Å². The maximum absolute atomic E-state index is 12.8. The molecule has 0 saturated carbocycles. The van der Waals surface area contributed by atoms with Gasteiger partial charge in [0.15, 0.2) is 5.65 Å². The van der Waals surface area contributed by atoms with E-state index < -0.39 is 0 Å². The maximum atomic E-state index is 12.8. The van der Waals surface area contributed by atoms with Crippen LogP contribution in [0.3, 0.4) is 0 Å². The fourth-order valence-corrected chi connectivity index (χ4v) is 3.30. The second-order valence-electron chi connectivity index (χ2n) is 6.89. The Morgan fingerprint density at radius 2 is 1.79 bits per heavy atom. The lowest BCUT2D eigenvalue weighted by Gasteiger charge is -2.14. The topological polar surface area (TPSA) is 89.1 Å². The molecule has 4 rings (SSSR count). The fraction of sp³-hybridized carbons (Fsp3) is 0.136. The van der Waals surface area contributed by atoms with E-state index in [9.17, 15) is 4.79 Å². The van der Waals surface area contributed by atoms with Gasteiger partial charge in [-0.25, -0.2) is 9.97 Å². The molecule has 0 unspecified atom stereocenters. The van der Waals surface area contributed by atoms with E-state index in [0.29, 0.717) is 34.6 Å². The third-order valence-corrected chi connectivity index (χ3v) is 4.76. The van der Waals surface area contributed by atoms with Crippen LogP contribution in [0, 0.1) is 0 Å². The number of benzene rings is 2. The molecule has 2 aromatic carbocycles. The number of hydrogen-bond donors (Lipinski definition) is 2. The number of fused-ring (bicyclic) bond motifs is 2. The molecular weight excluding hydrogens is 364 g/mol. The maximum Gasteiger partial charge on any atom is 0.257 e. The molecule has 7 heteroatoms. The van der Waals surface area contributed by atoms with Gasteiger partial charge in [0.2, 0.25) is 0 Å². The molecule has 0 aliphatic carbocycles. The molecule has 0 spiro atoms. The lowest BCUT2D eigenvalue weighted by atomic mass is 10.2. The zero-order valence-electron chi connectivity index (χ0n) is 16.4. The van der Waals surface area contributed by atoms with Gasteiger partial charge in [0, 0.05) is 32.0 Å². The van der Waals surface area contributed by atoms with E-state index in [1.54, 1.807) is 10.6 Å². The van der Waals surface area contributed by atoms with Crippen molar-refractivity contribution in [3.63, 3.8) is 0 Å². The zero-order chi connectivity index (χ0) is 20.5. The first-order valence-corrected chi connectivity index (χ1v) is 9.24. The number of hydrogen-bond acceptors (Lipinski definition) is 5. The number of nitrogens with zero attached hydrogens (tertiary/aromatic N) is 4. The quantitative estimate of drug-likeness (QED) is 0.515. The number of amides is 1. The summed E-state index contributed by atoms with van der Waals surface area (Å²) < 4.78 is 1.77. The first kappa shape index (κ1) is 18.5. The summed E-state index contributed by atoms with van der Waals surface area (Å²) in [5.74, 6) is -0.00452. The van der Waals surface area contributed by atoms with Crippen molar-refractivity contribution in [2.45, 2.75) is 0 Å². The van der Waals surface area contributed by atoms with Crippen molar-refractivity contribution in [1.29, 1.82) is 0 Å². The molecule has 0 fully saturated rings. The third kappa shape index (κ3) is 3.16. The van der Waals surface area contributed by atoms with Crippen molar-refractivity contribution >= 4 is 39.6 Å². The van der Waals surface area contributed by atoms with Gasteiger partial charge in [-0.3, -0.25) is 9.36 Å². The van der Waals surface area contributed by atoms with Crippen LogP contribution in [-0.2, 0) is 0 Å².